The fourth-order valence-corrected chi connectivity index (χ4v) is 3.15. The van der Waals surface area contributed by atoms with Gasteiger partial charge >= 0.3 is 0 Å². The predicted molar refractivity (Wildman–Crippen MR) is 101 cm³/mol. The van der Waals surface area contributed by atoms with Crippen molar-refractivity contribution in [1.82, 2.24) is 14.7 Å². The number of nitrogens with zero attached hydrogens (tertiary/aromatic N) is 3. The highest BCUT2D eigenvalue weighted by atomic mass is 35.5. The van der Waals surface area contributed by atoms with Gasteiger partial charge in [-0.25, -0.2) is 0 Å². The summed E-state index contributed by atoms with van der Waals surface area (Å²) in [5.41, 5.74) is 1.75. The quantitative estimate of drug-likeness (QED) is 0.820. The Kier molecular flexibility index (Phi) is 5.73. The molecule has 1 aromatic carbocycles. The SMILES string of the molecule is C=CC(=O)N1CCC(C(=O)Nc2cnn(Cc3ccc(Cl)cc3)c2)CC1. The number of piperidine rings is 1. The van der Waals surface area contributed by atoms with Crippen molar-refractivity contribution in [1.29, 1.82) is 0 Å². The zero-order valence-corrected chi connectivity index (χ0v) is 15.2. The van der Waals surface area contributed by atoms with E-state index in [4.69, 9.17) is 11.6 Å². The highest BCUT2D eigenvalue weighted by Gasteiger charge is 2.26. The van der Waals surface area contributed by atoms with E-state index in [0.717, 1.165) is 5.56 Å². The van der Waals surface area contributed by atoms with Crippen LogP contribution in [0.15, 0.2) is 49.3 Å². The van der Waals surface area contributed by atoms with Crippen LogP contribution in [-0.2, 0) is 16.1 Å². The van der Waals surface area contributed by atoms with E-state index in [1.165, 1.54) is 6.08 Å². The van der Waals surface area contributed by atoms with Crippen LogP contribution >= 0.6 is 11.6 Å². The number of carbonyl (C=O) groups excluding carboxylic acids is 2. The van der Waals surface area contributed by atoms with Gasteiger partial charge in [-0.15, -0.1) is 0 Å². The minimum absolute atomic E-state index is 0.0262. The Morgan fingerprint density at radius 2 is 1.96 bits per heavy atom. The molecule has 0 saturated carbocycles. The molecule has 1 N–H and O–H groups in total. The number of aromatic nitrogens is 2. The Morgan fingerprint density at radius 3 is 2.62 bits per heavy atom. The second kappa shape index (κ2) is 8.19. The van der Waals surface area contributed by atoms with Gasteiger partial charge in [-0.2, -0.15) is 5.10 Å². The molecule has 1 fully saturated rings. The first-order chi connectivity index (χ1) is 12.5. The third kappa shape index (κ3) is 4.52. The van der Waals surface area contributed by atoms with Crippen molar-refractivity contribution in [2.75, 3.05) is 18.4 Å². The minimum Gasteiger partial charge on any atom is -0.339 e. The van der Waals surface area contributed by atoms with E-state index in [1.807, 2.05) is 30.5 Å². The number of amides is 2. The number of anilines is 1. The number of halogens is 1. The smallest absolute Gasteiger partial charge is 0.245 e. The number of carbonyl (C=O) groups is 2. The third-order valence-corrected chi connectivity index (χ3v) is 4.76. The highest BCUT2D eigenvalue weighted by Crippen LogP contribution is 2.20. The number of benzene rings is 1. The normalized spacial score (nSPS) is 14.9. The van der Waals surface area contributed by atoms with Crippen LogP contribution in [0.3, 0.4) is 0 Å². The summed E-state index contributed by atoms with van der Waals surface area (Å²) in [6.45, 7) is 5.27. The minimum atomic E-state index is -0.0940. The van der Waals surface area contributed by atoms with E-state index < -0.39 is 0 Å². The Bertz CT molecular complexity index is 792. The van der Waals surface area contributed by atoms with Crippen molar-refractivity contribution in [3.63, 3.8) is 0 Å². The number of nitrogens with one attached hydrogen (secondary N) is 1. The summed E-state index contributed by atoms with van der Waals surface area (Å²) in [5.74, 6) is -0.197. The van der Waals surface area contributed by atoms with Gasteiger partial charge in [-0.1, -0.05) is 30.3 Å². The largest absolute Gasteiger partial charge is 0.339 e. The van der Waals surface area contributed by atoms with Crippen LogP contribution in [0.25, 0.3) is 0 Å². The maximum absolute atomic E-state index is 12.4. The first kappa shape index (κ1) is 18.2. The lowest BCUT2D eigenvalue weighted by Gasteiger charge is -2.30. The topological polar surface area (TPSA) is 67.2 Å². The van der Waals surface area contributed by atoms with Gasteiger partial charge in [0.1, 0.15) is 0 Å². The van der Waals surface area contributed by atoms with Gasteiger partial charge in [0.25, 0.3) is 0 Å². The highest BCUT2D eigenvalue weighted by molar-refractivity contribution is 6.30. The molecule has 1 saturated heterocycles. The van der Waals surface area contributed by atoms with E-state index >= 15 is 0 Å². The summed E-state index contributed by atoms with van der Waals surface area (Å²) < 4.78 is 1.77. The molecular weight excluding hydrogens is 352 g/mol. The summed E-state index contributed by atoms with van der Waals surface area (Å²) in [5, 5.41) is 7.90. The maximum Gasteiger partial charge on any atom is 0.245 e. The molecular formula is C19H21ClN4O2. The molecule has 0 unspecified atom stereocenters. The van der Waals surface area contributed by atoms with Gasteiger partial charge < -0.3 is 10.2 Å². The standard InChI is InChI=1S/C19H21ClN4O2/c1-2-18(25)23-9-7-15(8-10-23)19(26)22-17-11-21-24(13-17)12-14-3-5-16(20)6-4-14/h2-6,11,13,15H,1,7-10,12H2,(H,22,26). The molecule has 136 valence electrons. The number of hydrogen-bond acceptors (Lipinski definition) is 3. The van der Waals surface area contributed by atoms with Crippen molar-refractivity contribution >= 4 is 29.1 Å². The summed E-state index contributed by atoms with van der Waals surface area (Å²) in [6, 6.07) is 7.57. The first-order valence-electron chi connectivity index (χ1n) is 8.54. The summed E-state index contributed by atoms with van der Waals surface area (Å²) >= 11 is 5.89. The Balaban J connectivity index is 1.52. The van der Waals surface area contributed by atoms with Gasteiger partial charge in [0.05, 0.1) is 18.4 Å². The molecule has 3 rings (SSSR count). The van der Waals surface area contributed by atoms with Gasteiger partial charge in [0.2, 0.25) is 11.8 Å². The van der Waals surface area contributed by atoms with Crippen LogP contribution in [0.1, 0.15) is 18.4 Å². The van der Waals surface area contributed by atoms with Crippen LogP contribution in [0.5, 0.6) is 0 Å². The first-order valence-corrected chi connectivity index (χ1v) is 8.92. The van der Waals surface area contributed by atoms with Crippen molar-refractivity contribution in [2.24, 2.45) is 5.92 Å². The Morgan fingerprint density at radius 1 is 1.27 bits per heavy atom. The molecule has 7 heteroatoms. The molecule has 1 aliphatic heterocycles. The zero-order chi connectivity index (χ0) is 18.5. The Labute approximate surface area is 157 Å². The lowest BCUT2D eigenvalue weighted by molar-refractivity contribution is -0.130. The molecule has 0 radical (unpaired) electrons. The number of rotatable bonds is 5. The second-order valence-corrected chi connectivity index (χ2v) is 6.78. The van der Waals surface area contributed by atoms with Gasteiger partial charge in [0, 0.05) is 30.2 Å². The fraction of sp³-hybridized carbons (Fsp3) is 0.316. The maximum atomic E-state index is 12.4. The van der Waals surface area contributed by atoms with E-state index in [2.05, 4.69) is 17.0 Å². The molecule has 0 spiro atoms. The lowest BCUT2D eigenvalue weighted by atomic mass is 9.96. The second-order valence-electron chi connectivity index (χ2n) is 6.35. The van der Waals surface area contributed by atoms with Crippen molar-refractivity contribution in [2.45, 2.75) is 19.4 Å². The molecule has 2 heterocycles. The molecule has 2 amide bonds. The molecule has 6 nitrogen and oxygen atoms in total. The molecule has 0 atom stereocenters. The zero-order valence-electron chi connectivity index (χ0n) is 14.4. The average Bonchev–Trinajstić information content (AvgIpc) is 3.10. The molecule has 2 aromatic rings. The van der Waals surface area contributed by atoms with Crippen LogP contribution in [0.4, 0.5) is 5.69 Å². The summed E-state index contributed by atoms with van der Waals surface area (Å²) in [4.78, 5) is 25.8. The van der Waals surface area contributed by atoms with Gasteiger partial charge in [0.15, 0.2) is 0 Å². The van der Waals surface area contributed by atoms with Crippen LogP contribution in [0.2, 0.25) is 5.02 Å². The van der Waals surface area contributed by atoms with Crippen LogP contribution in [0, 0.1) is 5.92 Å². The van der Waals surface area contributed by atoms with Crippen LogP contribution in [-0.4, -0.2) is 39.6 Å². The van der Waals surface area contributed by atoms with Gasteiger partial charge in [-0.05, 0) is 36.6 Å². The van der Waals surface area contributed by atoms with Crippen molar-refractivity contribution < 1.29 is 9.59 Å². The number of hydrogen-bond donors (Lipinski definition) is 1. The van der Waals surface area contributed by atoms with Crippen LogP contribution < -0.4 is 5.32 Å². The van der Waals surface area contributed by atoms with E-state index in [-0.39, 0.29) is 17.7 Å². The monoisotopic (exact) mass is 372 g/mol. The van der Waals surface area contributed by atoms with E-state index in [9.17, 15) is 9.59 Å². The van der Waals surface area contributed by atoms with Crippen molar-refractivity contribution in [3.05, 3.63) is 59.9 Å². The Hall–Kier alpha value is -2.60. The molecule has 0 aliphatic carbocycles. The summed E-state index contributed by atoms with van der Waals surface area (Å²) in [6.07, 6.45) is 6.08. The predicted octanol–water partition coefficient (Wildman–Crippen LogP) is 2.95. The fourth-order valence-electron chi connectivity index (χ4n) is 3.03. The average molecular weight is 373 g/mol. The van der Waals surface area contributed by atoms with E-state index in [0.29, 0.717) is 43.2 Å². The third-order valence-electron chi connectivity index (χ3n) is 4.51. The molecule has 1 aromatic heterocycles. The molecule has 1 aliphatic rings. The molecule has 0 bridgehead atoms. The van der Waals surface area contributed by atoms with Gasteiger partial charge in [-0.3, -0.25) is 14.3 Å². The van der Waals surface area contributed by atoms with Crippen molar-refractivity contribution in [3.8, 4) is 0 Å². The molecule has 26 heavy (non-hydrogen) atoms. The summed E-state index contributed by atoms with van der Waals surface area (Å²) in [7, 11) is 0. The lowest BCUT2D eigenvalue weighted by Crippen LogP contribution is -2.40. The number of likely N-dealkylation sites (tertiary alicyclic amines) is 1. The van der Waals surface area contributed by atoms with E-state index in [1.54, 1.807) is 15.8 Å².